The first kappa shape index (κ1) is 9.32. The van der Waals surface area contributed by atoms with Crippen LogP contribution in [0.3, 0.4) is 0 Å². The van der Waals surface area contributed by atoms with E-state index in [1.807, 2.05) is 12.1 Å². The van der Waals surface area contributed by atoms with Gasteiger partial charge in [0.1, 0.15) is 0 Å². The molecule has 0 aliphatic heterocycles. The third-order valence-corrected chi connectivity index (χ3v) is 1.85. The van der Waals surface area contributed by atoms with Gasteiger partial charge < -0.3 is 5.32 Å². The highest BCUT2D eigenvalue weighted by molar-refractivity contribution is 5.74. The fourth-order valence-electron chi connectivity index (χ4n) is 1.22. The van der Waals surface area contributed by atoms with Crippen LogP contribution in [0, 0.1) is 0 Å². The van der Waals surface area contributed by atoms with E-state index in [4.69, 9.17) is 0 Å². The Kier molecular flexibility index (Phi) is 2.40. The molecule has 15 heavy (non-hydrogen) atoms. The van der Waals surface area contributed by atoms with Crippen molar-refractivity contribution in [1.82, 2.24) is 20.2 Å². The molecule has 2 rings (SSSR count). The summed E-state index contributed by atoms with van der Waals surface area (Å²) in [5.41, 5.74) is 1.52. The van der Waals surface area contributed by atoms with E-state index in [2.05, 4.69) is 20.7 Å². The van der Waals surface area contributed by atoms with Gasteiger partial charge in [-0.05, 0) is 17.3 Å². The van der Waals surface area contributed by atoms with Gasteiger partial charge in [0, 0.05) is 11.3 Å². The SMILES string of the molecule is Cn1nnc(-c2cccc(NC=O)c2)n1. The number of benzene rings is 1. The van der Waals surface area contributed by atoms with E-state index in [1.165, 1.54) is 4.80 Å². The Morgan fingerprint density at radius 1 is 1.47 bits per heavy atom. The number of carbonyl (C=O) groups excluding carboxylic acids is 1. The molecule has 1 N–H and O–H groups in total. The molecule has 6 nitrogen and oxygen atoms in total. The maximum Gasteiger partial charge on any atom is 0.211 e. The van der Waals surface area contributed by atoms with Gasteiger partial charge in [0.25, 0.3) is 0 Å². The third kappa shape index (κ3) is 1.98. The molecule has 0 bridgehead atoms. The number of amides is 1. The second kappa shape index (κ2) is 3.87. The van der Waals surface area contributed by atoms with Crippen LogP contribution in [0.5, 0.6) is 0 Å². The first-order chi connectivity index (χ1) is 7.29. The molecule has 0 spiro atoms. The average molecular weight is 203 g/mol. The maximum atomic E-state index is 10.3. The Labute approximate surface area is 85.9 Å². The molecule has 0 aliphatic carbocycles. The highest BCUT2D eigenvalue weighted by atomic mass is 16.1. The molecule has 0 radical (unpaired) electrons. The minimum atomic E-state index is 0.534. The molecule has 2 aromatic rings. The van der Waals surface area contributed by atoms with Gasteiger partial charge in [0.05, 0.1) is 7.05 Å². The van der Waals surface area contributed by atoms with E-state index in [0.29, 0.717) is 17.9 Å². The van der Waals surface area contributed by atoms with Gasteiger partial charge in [-0.3, -0.25) is 4.79 Å². The lowest BCUT2D eigenvalue weighted by Crippen LogP contribution is -1.94. The van der Waals surface area contributed by atoms with E-state index in [-0.39, 0.29) is 0 Å². The fraction of sp³-hybridized carbons (Fsp3) is 0.111. The van der Waals surface area contributed by atoms with Crippen LogP contribution in [-0.4, -0.2) is 26.6 Å². The van der Waals surface area contributed by atoms with Crippen molar-refractivity contribution >= 4 is 12.1 Å². The zero-order chi connectivity index (χ0) is 10.7. The Morgan fingerprint density at radius 2 is 2.33 bits per heavy atom. The second-order valence-electron chi connectivity index (χ2n) is 2.95. The minimum Gasteiger partial charge on any atom is -0.329 e. The molecule has 0 saturated carbocycles. The van der Waals surface area contributed by atoms with Crippen LogP contribution < -0.4 is 5.32 Å². The first-order valence-corrected chi connectivity index (χ1v) is 4.34. The van der Waals surface area contributed by atoms with Crippen LogP contribution in [0.2, 0.25) is 0 Å². The average Bonchev–Trinajstić information content (AvgIpc) is 2.66. The molecule has 1 amide bonds. The molecule has 0 saturated heterocycles. The summed E-state index contributed by atoms with van der Waals surface area (Å²) in [6, 6.07) is 7.24. The summed E-state index contributed by atoms with van der Waals surface area (Å²) >= 11 is 0. The summed E-state index contributed by atoms with van der Waals surface area (Å²) in [6.07, 6.45) is 0.628. The topological polar surface area (TPSA) is 72.7 Å². The molecule has 76 valence electrons. The molecular weight excluding hydrogens is 194 g/mol. The lowest BCUT2D eigenvalue weighted by molar-refractivity contribution is -0.105. The summed E-state index contributed by atoms with van der Waals surface area (Å²) in [4.78, 5) is 11.7. The third-order valence-electron chi connectivity index (χ3n) is 1.85. The van der Waals surface area contributed by atoms with E-state index < -0.39 is 0 Å². The van der Waals surface area contributed by atoms with Gasteiger partial charge in [-0.25, -0.2) is 0 Å². The van der Waals surface area contributed by atoms with Crippen LogP contribution in [0.1, 0.15) is 0 Å². The van der Waals surface area contributed by atoms with Gasteiger partial charge in [0.2, 0.25) is 12.2 Å². The van der Waals surface area contributed by atoms with Gasteiger partial charge in [-0.15, -0.1) is 10.2 Å². The molecule has 0 fully saturated rings. The number of nitrogens with zero attached hydrogens (tertiary/aromatic N) is 4. The molecule has 1 aromatic heterocycles. The van der Waals surface area contributed by atoms with Gasteiger partial charge in [-0.2, -0.15) is 4.80 Å². The molecule has 6 heteroatoms. The van der Waals surface area contributed by atoms with Gasteiger partial charge >= 0.3 is 0 Å². The number of hydrogen-bond donors (Lipinski definition) is 1. The monoisotopic (exact) mass is 203 g/mol. The molecule has 1 heterocycles. The molecule has 0 atom stereocenters. The Hall–Kier alpha value is -2.24. The van der Waals surface area contributed by atoms with Crippen molar-refractivity contribution in [3.63, 3.8) is 0 Å². The molecular formula is C9H9N5O. The van der Waals surface area contributed by atoms with E-state index in [0.717, 1.165) is 5.56 Å². The van der Waals surface area contributed by atoms with Crippen molar-refractivity contribution in [2.24, 2.45) is 7.05 Å². The van der Waals surface area contributed by atoms with Crippen molar-refractivity contribution in [3.05, 3.63) is 24.3 Å². The quantitative estimate of drug-likeness (QED) is 0.735. The number of aromatic nitrogens is 4. The lowest BCUT2D eigenvalue weighted by Gasteiger charge is -1.99. The summed E-state index contributed by atoms with van der Waals surface area (Å²) in [5, 5.41) is 14.2. The predicted molar refractivity (Wildman–Crippen MR) is 53.9 cm³/mol. The maximum absolute atomic E-state index is 10.3. The fourth-order valence-corrected chi connectivity index (χ4v) is 1.22. The first-order valence-electron chi connectivity index (χ1n) is 4.34. The zero-order valence-electron chi connectivity index (χ0n) is 8.08. The number of tetrazole rings is 1. The van der Waals surface area contributed by atoms with Crippen LogP contribution >= 0.6 is 0 Å². The van der Waals surface area contributed by atoms with Crippen molar-refractivity contribution in [1.29, 1.82) is 0 Å². The van der Waals surface area contributed by atoms with Crippen LogP contribution in [0.4, 0.5) is 5.69 Å². The number of hydrogen-bond acceptors (Lipinski definition) is 4. The number of aryl methyl sites for hydroxylation is 1. The van der Waals surface area contributed by atoms with Crippen LogP contribution in [0.15, 0.2) is 24.3 Å². The standard InChI is InChI=1S/C9H9N5O/c1-14-12-9(11-13-14)7-3-2-4-8(5-7)10-6-15/h2-6H,1H3,(H,10,15). The zero-order valence-corrected chi connectivity index (χ0v) is 8.08. The lowest BCUT2D eigenvalue weighted by atomic mass is 10.2. The summed E-state index contributed by atoms with van der Waals surface area (Å²) in [7, 11) is 1.70. The highest BCUT2D eigenvalue weighted by Crippen LogP contribution is 2.17. The minimum absolute atomic E-state index is 0.534. The van der Waals surface area contributed by atoms with Crippen molar-refractivity contribution in [3.8, 4) is 11.4 Å². The Bertz CT molecular complexity index is 479. The Balaban J connectivity index is 2.36. The molecule has 0 unspecified atom stereocenters. The molecule has 1 aromatic carbocycles. The van der Waals surface area contributed by atoms with E-state index in [1.54, 1.807) is 19.2 Å². The number of carbonyl (C=O) groups is 1. The predicted octanol–water partition coefficient (Wildman–Crippen LogP) is 0.445. The van der Waals surface area contributed by atoms with E-state index >= 15 is 0 Å². The van der Waals surface area contributed by atoms with Crippen molar-refractivity contribution in [2.45, 2.75) is 0 Å². The second-order valence-corrected chi connectivity index (χ2v) is 2.95. The molecule has 0 aliphatic rings. The number of anilines is 1. The summed E-state index contributed by atoms with van der Waals surface area (Å²) in [5.74, 6) is 0.534. The highest BCUT2D eigenvalue weighted by Gasteiger charge is 2.04. The van der Waals surface area contributed by atoms with Crippen molar-refractivity contribution in [2.75, 3.05) is 5.32 Å². The van der Waals surface area contributed by atoms with Crippen LogP contribution in [-0.2, 0) is 11.8 Å². The van der Waals surface area contributed by atoms with E-state index in [9.17, 15) is 4.79 Å². The summed E-state index contributed by atoms with van der Waals surface area (Å²) in [6.45, 7) is 0. The van der Waals surface area contributed by atoms with Crippen molar-refractivity contribution < 1.29 is 4.79 Å². The normalized spacial score (nSPS) is 9.93. The number of rotatable bonds is 3. The largest absolute Gasteiger partial charge is 0.329 e. The summed E-state index contributed by atoms with van der Waals surface area (Å²) < 4.78 is 0. The van der Waals surface area contributed by atoms with Crippen LogP contribution in [0.25, 0.3) is 11.4 Å². The number of nitrogens with one attached hydrogen (secondary N) is 1. The smallest absolute Gasteiger partial charge is 0.211 e. The van der Waals surface area contributed by atoms with Gasteiger partial charge in [-0.1, -0.05) is 12.1 Å². The van der Waals surface area contributed by atoms with Gasteiger partial charge in [0.15, 0.2) is 0 Å². The Morgan fingerprint density at radius 3 is 3.00 bits per heavy atom.